The summed E-state index contributed by atoms with van der Waals surface area (Å²) in [7, 11) is 0. The van der Waals surface area contributed by atoms with Gasteiger partial charge in [0.15, 0.2) is 0 Å². The molecule has 0 fully saturated rings. The summed E-state index contributed by atoms with van der Waals surface area (Å²) in [5.74, 6) is 0.316. The third kappa shape index (κ3) is 4.94. The van der Waals surface area contributed by atoms with Gasteiger partial charge in [0.05, 0.1) is 13.0 Å². The van der Waals surface area contributed by atoms with Crippen LogP contribution in [-0.4, -0.2) is 18.6 Å². The molecule has 0 unspecified atom stereocenters. The molecule has 1 rings (SSSR count). The molecule has 100 valence electrons. The lowest BCUT2D eigenvalue weighted by molar-refractivity contribution is -0.118. The Balaban J connectivity index is 2.70. The van der Waals surface area contributed by atoms with Gasteiger partial charge in [-0.15, -0.1) is 0 Å². The molecule has 0 saturated carbocycles. The predicted octanol–water partition coefficient (Wildman–Crippen LogP) is 2.09. The number of ether oxygens (including phenoxy) is 1. The topological polar surface area (TPSA) is 64.3 Å². The maximum Gasteiger partial charge on any atom is 0.220 e. The number of hydrogen-bond donors (Lipinski definition) is 2. The molecule has 5 heteroatoms. The van der Waals surface area contributed by atoms with Crippen molar-refractivity contribution in [3.63, 3.8) is 0 Å². The minimum Gasteiger partial charge on any atom is -0.493 e. The molecule has 0 aliphatic carbocycles. The average molecular weight is 271 g/mol. The number of carbonyl (C=O) groups is 1. The number of nitrogens with one attached hydrogen (secondary N) is 1. The van der Waals surface area contributed by atoms with E-state index in [0.717, 1.165) is 5.56 Å². The van der Waals surface area contributed by atoms with Crippen molar-refractivity contribution in [3.05, 3.63) is 28.8 Å². The number of halogens is 1. The first-order chi connectivity index (χ1) is 8.50. The summed E-state index contributed by atoms with van der Waals surface area (Å²) in [5, 5.41) is 3.94. The Morgan fingerprint density at radius 2 is 2.22 bits per heavy atom. The van der Waals surface area contributed by atoms with Gasteiger partial charge < -0.3 is 15.8 Å². The van der Waals surface area contributed by atoms with Crippen LogP contribution in [-0.2, 0) is 11.3 Å². The molecule has 0 aliphatic rings. The van der Waals surface area contributed by atoms with Crippen molar-refractivity contribution < 1.29 is 9.53 Å². The minimum atomic E-state index is -0.376. The van der Waals surface area contributed by atoms with E-state index >= 15 is 0 Å². The van der Waals surface area contributed by atoms with Gasteiger partial charge in [-0.05, 0) is 12.1 Å². The molecule has 0 atom stereocenters. The van der Waals surface area contributed by atoms with Crippen molar-refractivity contribution in [2.24, 2.45) is 5.73 Å². The molecule has 0 saturated heterocycles. The van der Waals surface area contributed by atoms with Gasteiger partial charge in [0.2, 0.25) is 5.91 Å². The molecule has 3 N–H and O–H groups in total. The first-order valence-corrected chi connectivity index (χ1v) is 6.30. The zero-order chi connectivity index (χ0) is 13.5. The summed E-state index contributed by atoms with van der Waals surface area (Å²) in [5.41, 5.74) is 5.97. The fourth-order valence-electron chi connectivity index (χ4n) is 1.41. The van der Waals surface area contributed by atoms with Crippen LogP contribution in [0.4, 0.5) is 0 Å². The summed E-state index contributed by atoms with van der Waals surface area (Å²) in [6, 6.07) is 5.84. The van der Waals surface area contributed by atoms with E-state index in [-0.39, 0.29) is 18.9 Å². The van der Waals surface area contributed by atoms with Gasteiger partial charge >= 0.3 is 0 Å². The first-order valence-electron chi connectivity index (χ1n) is 5.92. The lowest BCUT2D eigenvalue weighted by Gasteiger charge is -2.14. The van der Waals surface area contributed by atoms with E-state index in [1.165, 1.54) is 0 Å². The van der Waals surface area contributed by atoms with Crippen LogP contribution < -0.4 is 15.8 Å². The van der Waals surface area contributed by atoms with Gasteiger partial charge in [-0.1, -0.05) is 31.5 Å². The SMILES string of the molecule is CC(C)NCc1c(Cl)cccc1OCCC(N)=O. The monoisotopic (exact) mass is 270 g/mol. The smallest absolute Gasteiger partial charge is 0.220 e. The molecular formula is C13H19ClN2O2. The van der Waals surface area contributed by atoms with Crippen LogP contribution in [0.2, 0.25) is 5.02 Å². The highest BCUT2D eigenvalue weighted by atomic mass is 35.5. The van der Waals surface area contributed by atoms with Crippen LogP contribution in [0, 0.1) is 0 Å². The van der Waals surface area contributed by atoms with Gasteiger partial charge in [0.1, 0.15) is 5.75 Å². The Morgan fingerprint density at radius 3 is 2.83 bits per heavy atom. The Kier molecular flexibility index (Phi) is 5.95. The van der Waals surface area contributed by atoms with Crippen molar-refractivity contribution in [2.45, 2.75) is 32.9 Å². The third-order valence-electron chi connectivity index (χ3n) is 2.37. The van der Waals surface area contributed by atoms with Crippen molar-refractivity contribution in [2.75, 3.05) is 6.61 Å². The Hall–Kier alpha value is -1.26. The molecule has 18 heavy (non-hydrogen) atoms. The summed E-state index contributed by atoms with van der Waals surface area (Å²) in [6.45, 7) is 5.02. The summed E-state index contributed by atoms with van der Waals surface area (Å²) in [4.78, 5) is 10.7. The van der Waals surface area contributed by atoms with Crippen LogP contribution >= 0.6 is 11.6 Å². The zero-order valence-electron chi connectivity index (χ0n) is 10.7. The van der Waals surface area contributed by atoms with E-state index < -0.39 is 0 Å². The summed E-state index contributed by atoms with van der Waals surface area (Å²) >= 11 is 6.14. The van der Waals surface area contributed by atoms with Gasteiger partial charge in [0, 0.05) is 23.2 Å². The van der Waals surface area contributed by atoms with Gasteiger partial charge in [-0.2, -0.15) is 0 Å². The van der Waals surface area contributed by atoms with Crippen LogP contribution in [0.1, 0.15) is 25.8 Å². The highest BCUT2D eigenvalue weighted by molar-refractivity contribution is 6.31. The molecule has 4 nitrogen and oxygen atoms in total. The van der Waals surface area contributed by atoms with E-state index in [4.69, 9.17) is 22.1 Å². The number of hydrogen-bond acceptors (Lipinski definition) is 3. The molecule has 0 heterocycles. The molecule has 0 radical (unpaired) electrons. The largest absolute Gasteiger partial charge is 0.493 e. The lowest BCUT2D eigenvalue weighted by Crippen LogP contribution is -2.22. The Morgan fingerprint density at radius 1 is 1.50 bits per heavy atom. The van der Waals surface area contributed by atoms with Crippen LogP contribution in [0.5, 0.6) is 5.75 Å². The highest BCUT2D eigenvalue weighted by Crippen LogP contribution is 2.26. The number of benzene rings is 1. The number of primary amides is 1. The van der Waals surface area contributed by atoms with Gasteiger partial charge in [-0.25, -0.2) is 0 Å². The number of rotatable bonds is 7. The average Bonchev–Trinajstić information content (AvgIpc) is 2.27. The molecule has 1 amide bonds. The van der Waals surface area contributed by atoms with Gasteiger partial charge in [0.25, 0.3) is 0 Å². The fourth-order valence-corrected chi connectivity index (χ4v) is 1.65. The Bertz CT molecular complexity index is 408. The minimum absolute atomic E-state index is 0.198. The van der Waals surface area contributed by atoms with Crippen LogP contribution in [0.15, 0.2) is 18.2 Å². The van der Waals surface area contributed by atoms with Crippen molar-refractivity contribution in [1.29, 1.82) is 0 Å². The summed E-state index contributed by atoms with van der Waals surface area (Å²) in [6.07, 6.45) is 0.198. The fraction of sp³-hybridized carbons (Fsp3) is 0.462. The molecule has 0 aromatic heterocycles. The van der Waals surface area contributed by atoms with Crippen LogP contribution in [0.3, 0.4) is 0 Å². The highest BCUT2D eigenvalue weighted by Gasteiger charge is 2.09. The van der Waals surface area contributed by atoms with Crippen molar-refractivity contribution in [1.82, 2.24) is 5.32 Å². The van der Waals surface area contributed by atoms with E-state index in [9.17, 15) is 4.79 Å². The van der Waals surface area contributed by atoms with Crippen molar-refractivity contribution >= 4 is 17.5 Å². The number of nitrogens with two attached hydrogens (primary N) is 1. The molecule has 0 spiro atoms. The Labute approximate surface area is 112 Å². The normalized spacial score (nSPS) is 10.7. The summed E-state index contributed by atoms with van der Waals surface area (Å²) < 4.78 is 5.54. The number of amides is 1. The molecule has 1 aromatic rings. The second kappa shape index (κ2) is 7.24. The van der Waals surface area contributed by atoms with Crippen LogP contribution in [0.25, 0.3) is 0 Å². The molecule has 0 aliphatic heterocycles. The standard InChI is InChI=1S/C13H19ClN2O2/c1-9(2)16-8-10-11(14)4-3-5-12(10)18-7-6-13(15)17/h3-5,9,16H,6-8H2,1-2H3,(H2,15,17). The van der Waals surface area contributed by atoms with E-state index in [1.807, 2.05) is 18.2 Å². The second-order valence-electron chi connectivity index (χ2n) is 4.32. The van der Waals surface area contributed by atoms with E-state index in [1.54, 1.807) is 0 Å². The van der Waals surface area contributed by atoms with E-state index in [0.29, 0.717) is 23.4 Å². The maximum absolute atomic E-state index is 10.7. The predicted molar refractivity (Wildman–Crippen MR) is 72.7 cm³/mol. The van der Waals surface area contributed by atoms with Crippen molar-refractivity contribution in [3.8, 4) is 5.75 Å². The molecule has 0 bridgehead atoms. The lowest BCUT2D eigenvalue weighted by atomic mass is 10.2. The quantitative estimate of drug-likeness (QED) is 0.797. The third-order valence-corrected chi connectivity index (χ3v) is 2.72. The zero-order valence-corrected chi connectivity index (χ0v) is 11.5. The molecular weight excluding hydrogens is 252 g/mol. The van der Waals surface area contributed by atoms with E-state index in [2.05, 4.69) is 19.2 Å². The second-order valence-corrected chi connectivity index (χ2v) is 4.72. The van der Waals surface area contributed by atoms with Gasteiger partial charge in [-0.3, -0.25) is 4.79 Å². The number of carbonyl (C=O) groups excluding carboxylic acids is 1. The molecule has 1 aromatic carbocycles. The maximum atomic E-state index is 10.7. The first kappa shape index (κ1) is 14.8.